The summed E-state index contributed by atoms with van der Waals surface area (Å²) in [4.78, 5) is 2.05. The molecule has 0 radical (unpaired) electrons. The van der Waals surface area contributed by atoms with Gasteiger partial charge in [-0.1, -0.05) is 15.9 Å². The van der Waals surface area contributed by atoms with Gasteiger partial charge in [-0.05, 0) is 24.6 Å². The largest absolute Gasteiger partial charge is 0.507 e. The number of methoxy groups -OCH3 is 1. The molecule has 0 saturated carbocycles. The van der Waals surface area contributed by atoms with E-state index < -0.39 is 0 Å². The molecule has 0 heterocycles. The van der Waals surface area contributed by atoms with Gasteiger partial charge in [-0.25, -0.2) is 0 Å². The van der Waals surface area contributed by atoms with Crippen molar-refractivity contribution in [3.05, 3.63) is 27.7 Å². The first-order valence-electron chi connectivity index (χ1n) is 5.88. The van der Waals surface area contributed by atoms with Gasteiger partial charge in [-0.15, -0.1) is 0 Å². The van der Waals surface area contributed by atoms with Crippen LogP contribution in [0.2, 0.25) is 0 Å². The molecule has 18 heavy (non-hydrogen) atoms. The van der Waals surface area contributed by atoms with Gasteiger partial charge in [-0.2, -0.15) is 0 Å². The zero-order chi connectivity index (χ0) is 13.5. The van der Waals surface area contributed by atoms with Crippen molar-refractivity contribution in [2.45, 2.75) is 13.5 Å². The second kappa shape index (κ2) is 7.74. The lowest BCUT2D eigenvalue weighted by molar-refractivity contribution is 0.126. The van der Waals surface area contributed by atoms with Crippen LogP contribution in [-0.2, 0) is 11.3 Å². The van der Waals surface area contributed by atoms with Gasteiger partial charge >= 0.3 is 0 Å². The number of ether oxygens (including phenoxy) is 1. The van der Waals surface area contributed by atoms with E-state index in [1.165, 1.54) is 0 Å². The minimum atomic E-state index is 0.0947. The van der Waals surface area contributed by atoms with Crippen LogP contribution < -0.4 is 0 Å². The van der Waals surface area contributed by atoms with E-state index in [1.54, 1.807) is 7.11 Å². The van der Waals surface area contributed by atoms with Gasteiger partial charge < -0.3 is 14.9 Å². The van der Waals surface area contributed by atoms with Crippen LogP contribution in [0.5, 0.6) is 5.75 Å². The molecular formula is C13H20BrNO3. The second-order valence-corrected chi connectivity index (χ2v) is 5.14. The molecule has 0 spiro atoms. The Morgan fingerprint density at radius 1 is 1.33 bits per heavy atom. The summed E-state index contributed by atoms with van der Waals surface area (Å²) in [6.07, 6.45) is 0. The maximum Gasteiger partial charge on any atom is 0.123 e. The van der Waals surface area contributed by atoms with Crippen LogP contribution in [0, 0.1) is 6.92 Å². The third-order valence-electron chi connectivity index (χ3n) is 2.77. The summed E-state index contributed by atoms with van der Waals surface area (Å²) in [6.45, 7) is 4.45. The highest BCUT2D eigenvalue weighted by atomic mass is 79.9. The quantitative estimate of drug-likeness (QED) is 0.806. The number of hydrogen-bond acceptors (Lipinski definition) is 4. The highest BCUT2D eigenvalue weighted by Gasteiger charge is 2.11. The molecule has 102 valence electrons. The van der Waals surface area contributed by atoms with Crippen LogP contribution in [0.25, 0.3) is 0 Å². The standard InChI is InChI=1S/C13H20BrNO3/c1-10-7-12(14)8-11(13(10)17)9-15(3-5-16)4-6-18-2/h7-8,16-17H,3-6,9H2,1-2H3. The fourth-order valence-corrected chi connectivity index (χ4v) is 2.42. The van der Waals surface area contributed by atoms with E-state index in [0.29, 0.717) is 25.4 Å². The van der Waals surface area contributed by atoms with Gasteiger partial charge in [0.1, 0.15) is 5.75 Å². The number of aliphatic hydroxyl groups is 1. The number of aromatic hydroxyl groups is 1. The topological polar surface area (TPSA) is 52.9 Å². The first-order valence-corrected chi connectivity index (χ1v) is 6.68. The third-order valence-corrected chi connectivity index (χ3v) is 3.22. The van der Waals surface area contributed by atoms with E-state index in [-0.39, 0.29) is 6.61 Å². The van der Waals surface area contributed by atoms with Crippen molar-refractivity contribution in [1.29, 1.82) is 0 Å². The molecule has 1 rings (SSSR count). The zero-order valence-electron chi connectivity index (χ0n) is 10.8. The number of nitrogens with zero attached hydrogens (tertiary/aromatic N) is 1. The summed E-state index contributed by atoms with van der Waals surface area (Å²) in [5.41, 5.74) is 1.70. The van der Waals surface area contributed by atoms with Crippen molar-refractivity contribution in [1.82, 2.24) is 4.90 Å². The SMILES string of the molecule is COCCN(CCO)Cc1cc(Br)cc(C)c1O. The summed E-state index contributed by atoms with van der Waals surface area (Å²) >= 11 is 3.43. The Hall–Kier alpha value is -0.620. The average Bonchev–Trinajstić information content (AvgIpc) is 2.32. The minimum absolute atomic E-state index is 0.0947. The van der Waals surface area contributed by atoms with Gasteiger partial charge in [0.25, 0.3) is 0 Å². The van der Waals surface area contributed by atoms with Crippen LogP contribution in [0.15, 0.2) is 16.6 Å². The molecule has 0 aromatic heterocycles. The molecule has 0 saturated heterocycles. The number of halogens is 1. The Labute approximate surface area is 116 Å². The number of aliphatic hydroxyl groups excluding tert-OH is 1. The Morgan fingerprint density at radius 2 is 2.06 bits per heavy atom. The van der Waals surface area contributed by atoms with Crippen LogP contribution in [0.4, 0.5) is 0 Å². The number of phenolic OH excluding ortho intramolecular Hbond substituents is 1. The average molecular weight is 318 g/mol. The van der Waals surface area contributed by atoms with Crippen LogP contribution in [-0.4, -0.2) is 48.5 Å². The highest BCUT2D eigenvalue weighted by Crippen LogP contribution is 2.27. The smallest absolute Gasteiger partial charge is 0.123 e. The fourth-order valence-electron chi connectivity index (χ4n) is 1.80. The fraction of sp³-hybridized carbons (Fsp3) is 0.538. The number of aryl methyl sites for hydroxylation is 1. The molecule has 0 unspecified atom stereocenters. The van der Waals surface area contributed by atoms with Crippen LogP contribution >= 0.6 is 15.9 Å². The molecule has 1 aromatic rings. The number of hydrogen-bond donors (Lipinski definition) is 2. The lowest BCUT2D eigenvalue weighted by atomic mass is 10.1. The molecule has 5 heteroatoms. The van der Waals surface area contributed by atoms with Gasteiger partial charge in [-0.3, -0.25) is 4.90 Å². The van der Waals surface area contributed by atoms with Crippen molar-refractivity contribution < 1.29 is 14.9 Å². The lowest BCUT2D eigenvalue weighted by Gasteiger charge is -2.22. The van der Waals surface area contributed by atoms with E-state index in [1.807, 2.05) is 24.0 Å². The van der Waals surface area contributed by atoms with Crippen molar-refractivity contribution in [3.63, 3.8) is 0 Å². The summed E-state index contributed by atoms with van der Waals surface area (Å²) in [6, 6.07) is 3.78. The maximum atomic E-state index is 10.0. The third kappa shape index (κ3) is 4.57. The maximum absolute atomic E-state index is 10.0. The molecule has 0 atom stereocenters. The van der Waals surface area contributed by atoms with E-state index in [0.717, 1.165) is 22.1 Å². The Bertz CT molecular complexity index is 385. The molecule has 0 fully saturated rings. The van der Waals surface area contributed by atoms with E-state index in [9.17, 15) is 5.11 Å². The van der Waals surface area contributed by atoms with Gasteiger partial charge in [0.05, 0.1) is 13.2 Å². The normalized spacial score (nSPS) is 11.2. The van der Waals surface area contributed by atoms with Gasteiger partial charge in [0, 0.05) is 36.8 Å². The Kier molecular flexibility index (Phi) is 6.63. The summed E-state index contributed by atoms with van der Waals surface area (Å²) in [5.74, 6) is 0.318. The summed E-state index contributed by atoms with van der Waals surface area (Å²) in [5, 5.41) is 19.1. The van der Waals surface area contributed by atoms with Crippen LogP contribution in [0.1, 0.15) is 11.1 Å². The lowest BCUT2D eigenvalue weighted by Crippen LogP contribution is -2.29. The molecular weight excluding hydrogens is 298 g/mol. The first-order chi connectivity index (χ1) is 8.58. The van der Waals surface area contributed by atoms with E-state index in [4.69, 9.17) is 9.84 Å². The number of benzene rings is 1. The molecule has 0 amide bonds. The molecule has 0 bridgehead atoms. The van der Waals surface area contributed by atoms with E-state index in [2.05, 4.69) is 15.9 Å². The van der Waals surface area contributed by atoms with Crippen molar-refractivity contribution in [3.8, 4) is 5.75 Å². The minimum Gasteiger partial charge on any atom is -0.507 e. The second-order valence-electron chi connectivity index (χ2n) is 4.22. The molecule has 2 N–H and O–H groups in total. The number of phenols is 1. The van der Waals surface area contributed by atoms with Crippen LogP contribution in [0.3, 0.4) is 0 Å². The molecule has 0 aliphatic rings. The Balaban J connectivity index is 2.79. The van der Waals surface area contributed by atoms with Crippen molar-refractivity contribution in [2.24, 2.45) is 0 Å². The predicted molar refractivity (Wildman–Crippen MR) is 74.8 cm³/mol. The van der Waals surface area contributed by atoms with E-state index >= 15 is 0 Å². The molecule has 0 aliphatic carbocycles. The molecule has 1 aromatic carbocycles. The first kappa shape index (κ1) is 15.4. The monoisotopic (exact) mass is 317 g/mol. The zero-order valence-corrected chi connectivity index (χ0v) is 12.4. The van der Waals surface area contributed by atoms with Gasteiger partial charge in [0.2, 0.25) is 0 Å². The highest BCUT2D eigenvalue weighted by molar-refractivity contribution is 9.10. The van der Waals surface area contributed by atoms with Gasteiger partial charge in [0.15, 0.2) is 0 Å². The molecule has 0 aliphatic heterocycles. The summed E-state index contributed by atoms with van der Waals surface area (Å²) < 4.78 is 5.99. The summed E-state index contributed by atoms with van der Waals surface area (Å²) in [7, 11) is 1.65. The predicted octanol–water partition coefficient (Wildman–Crippen LogP) is 1.90. The van der Waals surface area contributed by atoms with Crippen molar-refractivity contribution >= 4 is 15.9 Å². The van der Waals surface area contributed by atoms with Crippen molar-refractivity contribution in [2.75, 3.05) is 33.4 Å². The Morgan fingerprint density at radius 3 is 2.67 bits per heavy atom. The number of rotatable bonds is 7. The molecule has 4 nitrogen and oxygen atoms in total.